The van der Waals surface area contributed by atoms with Crippen LogP contribution in [0.15, 0.2) is 46.9 Å². The third kappa shape index (κ3) is 3.94. The Balaban J connectivity index is 2.15. The fourth-order valence-corrected chi connectivity index (χ4v) is 2.29. The number of hydrogen-bond donors (Lipinski definition) is 1. The lowest BCUT2D eigenvalue weighted by molar-refractivity contribution is 0.102. The number of rotatable bonds is 2. The van der Waals surface area contributed by atoms with Crippen LogP contribution in [-0.2, 0) is 5.41 Å². The van der Waals surface area contributed by atoms with Crippen LogP contribution in [0.4, 0.5) is 5.69 Å². The summed E-state index contributed by atoms with van der Waals surface area (Å²) < 4.78 is 1.04. The molecule has 0 bridgehead atoms. The molecular weight excluding hydrogens is 326 g/mol. The molecule has 0 aliphatic rings. The zero-order valence-electron chi connectivity index (χ0n) is 12.8. The van der Waals surface area contributed by atoms with E-state index >= 15 is 0 Å². The lowest BCUT2D eigenvalue weighted by Crippen LogP contribution is -2.14. The third-order valence-corrected chi connectivity index (χ3v) is 4.32. The van der Waals surface area contributed by atoms with E-state index in [1.165, 1.54) is 5.56 Å². The minimum atomic E-state index is -0.0859. The van der Waals surface area contributed by atoms with Crippen LogP contribution in [0.2, 0.25) is 0 Å². The summed E-state index contributed by atoms with van der Waals surface area (Å²) in [6.07, 6.45) is 0. The highest BCUT2D eigenvalue weighted by atomic mass is 79.9. The molecule has 2 aromatic carbocycles. The highest BCUT2D eigenvalue weighted by Crippen LogP contribution is 2.23. The first-order valence-electron chi connectivity index (χ1n) is 6.95. The van der Waals surface area contributed by atoms with Crippen LogP contribution in [0.5, 0.6) is 0 Å². The van der Waals surface area contributed by atoms with Crippen LogP contribution in [0.25, 0.3) is 0 Å². The summed E-state index contributed by atoms with van der Waals surface area (Å²) >= 11 is 3.45. The zero-order valence-corrected chi connectivity index (χ0v) is 14.4. The Kier molecular flexibility index (Phi) is 4.52. The van der Waals surface area contributed by atoms with Crippen LogP contribution in [0.1, 0.15) is 42.3 Å². The second-order valence-electron chi connectivity index (χ2n) is 6.25. The molecule has 2 nitrogen and oxygen atoms in total. The summed E-state index contributed by atoms with van der Waals surface area (Å²) in [4.78, 5) is 12.2. The quantitative estimate of drug-likeness (QED) is 0.785. The zero-order chi connectivity index (χ0) is 15.6. The number of benzene rings is 2. The van der Waals surface area contributed by atoms with Crippen LogP contribution in [0, 0.1) is 6.92 Å². The molecule has 2 aromatic rings. The summed E-state index contributed by atoms with van der Waals surface area (Å²) in [6, 6.07) is 13.6. The monoisotopic (exact) mass is 345 g/mol. The Morgan fingerprint density at radius 2 is 1.67 bits per heavy atom. The molecule has 3 heteroatoms. The first-order valence-corrected chi connectivity index (χ1v) is 7.75. The smallest absolute Gasteiger partial charge is 0.255 e. The Labute approximate surface area is 134 Å². The molecule has 1 amide bonds. The van der Waals surface area contributed by atoms with Gasteiger partial charge in [0.25, 0.3) is 5.91 Å². The largest absolute Gasteiger partial charge is 0.322 e. The van der Waals surface area contributed by atoms with Gasteiger partial charge in [0.05, 0.1) is 0 Å². The van der Waals surface area contributed by atoms with Crippen molar-refractivity contribution in [3.8, 4) is 0 Å². The van der Waals surface area contributed by atoms with Crippen LogP contribution < -0.4 is 5.32 Å². The van der Waals surface area contributed by atoms with Crippen molar-refractivity contribution in [3.63, 3.8) is 0 Å². The first kappa shape index (κ1) is 15.8. The van der Waals surface area contributed by atoms with Gasteiger partial charge in [-0.05, 0) is 53.8 Å². The molecule has 21 heavy (non-hydrogen) atoms. The average molecular weight is 346 g/mol. The number of amides is 1. The van der Waals surface area contributed by atoms with E-state index in [4.69, 9.17) is 0 Å². The molecule has 110 valence electrons. The summed E-state index contributed by atoms with van der Waals surface area (Å²) in [5.74, 6) is -0.0859. The normalized spacial score (nSPS) is 11.3. The topological polar surface area (TPSA) is 29.1 Å². The van der Waals surface area contributed by atoms with Gasteiger partial charge in [0.2, 0.25) is 0 Å². The first-order chi connectivity index (χ1) is 9.77. The Hall–Kier alpha value is -1.61. The molecule has 0 aliphatic heterocycles. The second kappa shape index (κ2) is 6.02. The van der Waals surface area contributed by atoms with E-state index in [1.54, 1.807) is 0 Å². The number of aryl methyl sites for hydroxylation is 1. The predicted octanol–water partition coefficient (Wildman–Crippen LogP) is 5.31. The van der Waals surface area contributed by atoms with Crippen molar-refractivity contribution in [1.29, 1.82) is 0 Å². The van der Waals surface area contributed by atoms with Gasteiger partial charge in [0.1, 0.15) is 0 Å². The van der Waals surface area contributed by atoms with Crippen molar-refractivity contribution in [1.82, 2.24) is 0 Å². The van der Waals surface area contributed by atoms with Gasteiger partial charge in [-0.3, -0.25) is 4.79 Å². The number of carbonyl (C=O) groups is 1. The van der Waals surface area contributed by atoms with Crippen LogP contribution >= 0.6 is 15.9 Å². The number of carbonyl (C=O) groups excluding carboxylic acids is 1. The van der Waals surface area contributed by atoms with Gasteiger partial charge in [-0.25, -0.2) is 0 Å². The molecule has 2 rings (SSSR count). The molecule has 0 aromatic heterocycles. The van der Waals surface area contributed by atoms with Crippen molar-refractivity contribution >= 4 is 27.5 Å². The van der Waals surface area contributed by atoms with Crippen molar-refractivity contribution in [2.75, 3.05) is 5.32 Å². The molecule has 0 heterocycles. The van der Waals surface area contributed by atoms with Crippen LogP contribution in [0.3, 0.4) is 0 Å². The molecule has 1 N–H and O–H groups in total. The van der Waals surface area contributed by atoms with E-state index in [9.17, 15) is 4.79 Å². The van der Waals surface area contributed by atoms with E-state index in [0.717, 1.165) is 15.7 Å². The van der Waals surface area contributed by atoms with E-state index < -0.39 is 0 Å². The molecule has 0 radical (unpaired) electrons. The number of nitrogens with one attached hydrogen (secondary N) is 1. The molecular formula is C18H20BrNO. The maximum Gasteiger partial charge on any atom is 0.255 e. The minimum absolute atomic E-state index is 0.0859. The Morgan fingerprint density at radius 3 is 2.19 bits per heavy atom. The third-order valence-electron chi connectivity index (χ3n) is 3.43. The highest BCUT2D eigenvalue weighted by molar-refractivity contribution is 9.10. The van der Waals surface area contributed by atoms with E-state index in [0.29, 0.717) is 5.56 Å². The fraction of sp³-hybridized carbons (Fsp3) is 0.278. The standard InChI is InChI=1S/C18H20BrNO/c1-12-11-15(9-10-16(12)19)20-17(21)13-5-7-14(8-6-13)18(2,3)4/h5-11H,1-4H3,(H,20,21). The molecule has 0 atom stereocenters. The maximum absolute atomic E-state index is 12.2. The summed E-state index contributed by atoms with van der Waals surface area (Å²) in [5.41, 5.74) is 3.89. The number of halogens is 1. The fourth-order valence-electron chi connectivity index (χ4n) is 2.05. The Morgan fingerprint density at radius 1 is 1.05 bits per heavy atom. The number of anilines is 1. The molecule has 0 saturated heterocycles. The molecule has 0 spiro atoms. The van der Waals surface area contributed by atoms with Gasteiger partial charge >= 0.3 is 0 Å². The number of hydrogen-bond acceptors (Lipinski definition) is 1. The van der Waals surface area contributed by atoms with Crippen molar-refractivity contribution in [2.24, 2.45) is 0 Å². The van der Waals surface area contributed by atoms with Gasteiger partial charge in [0, 0.05) is 15.7 Å². The SMILES string of the molecule is Cc1cc(NC(=O)c2ccc(C(C)(C)C)cc2)ccc1Br. The van der Waals surface area contributed by atoms with E-state index in [2.05, 4.69) is 42.0 Å². The predicted molar refractivity (Wildman–Crippen MR) is 92.0 cm³/mol. The highest BCUT2D eigenvalue weighted by Gasteiger charge is 2.14. The maximum atomic E-state index is 12.2. The van der Waals surface area contributed by atoms with E-state index in [1.807, 2.05) is 49.4 Å². The van der Waals surface area contributed by atoms with Crippen LogP contribution in [-0.4, -0.2) is 5.91 Å². The van der Waals surface area contributed by atoms with Gasteiger partial charge < -0.3 is 5.32 Å². The molecule has 0 unspecified atom stereocenters. The van der Waals surface area contributed by atoms with E-state index in [-0.39, 0.29) is 11.3 Å². The summed E-state index contributed by atoms with van der Waals surface area (Å²) in [7, 11) is 0. The Bertz CT molecular complexity index is 654. The lowest BCUT2D eigenvalue weighted by Gasteiger charge is -2.19. The summed E-state index contributed by atoms with van der Waals surface area (Å²) in [5, 5.41) is 2.92. The lowest BCUT2D eigenvalue weighted by atomic mass is 9.87. The molecule has 0 fully saturated rings. The van der Waals surface area contributed by atoms with Gasteiger partial charge in [0.15, 0.2) is 0 Å². The minimum Gasteiger partial charge on any atom is -0.322 e. The second-order valence-corrected chi connectivity index (χ2v) is 7.10. The average Bonchev–Trinajstić information content (AvgIpc) is 2.42. The molecule has 0 aliphatic carbocycles. The van der Waals surface area contributed by atoms with Gasteiger partial charge in [-0.15, -0.1) is 0 Å². The van der Waals surface area contributed by atoms with Crippen molar-refractivity contribution < 1.29 is 4.79 Å². The molecule has 0 saturated carbocycles. The van der Waals surface area contributed by atoms with Gasteiger partial charge in [-0.2, -0.15) is 0 Å². The van der Waals surface area contributed by atoms with Crippen molar-refractivity contribution in [3.05, 3.63) is 63.6 Å². The van der Waals surface area contributed by atoms with Gasteiger partial charge in [-0.1, -0.05) is 48.8 Å². The summed E-state index contributed by atoms with van der Waals surface area (Å²) in [6.45, 7) is 8.48. The van der Waals surface area contributed by atoms with Crippen molar-refractivity contribution in [2.45, 2.75) is 33.1 Å².